The minimum Gasteiger partial charge on any atom is -0.497 e. The van der Waals surface area contributed by atoms with E-state index in [-0.39, 0.29) is 6.42 Å². The number of methoxy groups -OCH3 is 1. The van der Waals surface area contributed by atoms with Gasteiger partial charge >= 0.3 is 5.97 Å². The number of carboxylic acid groups (broad SMARTS) is 1. The lowest BCUT2D eigenvalue weighted by molar-refractivity contribution is -0.136. The van der Waals surface area contributed by atoms with Crippen LogP contribution >= 0.6 is 0 Å². The molecule has 1 saturated heterocycles. The molecule has 4 nitrogen and oxygen atoms in total. The summed E-state index contributed by atoms with van der Waals surface area (Å²) in [5.74, 6) is -0.0945. The van der Waals surface area contributed by atoms with Crippen LogP contribution in [0.2, 0.25) is 0 Å². The number of hydrogen-bond donors (Lipinski definition) is 1. The molecule has 0 spiro atoms. The predicted octanol–water partition coefficient (Wildman–Crippen LogP) is 1.92. The maximum Gasteiger partial charge on any atom is 0.307 e. The molecular weight excluding hydrogens is 218 g/mol. The first-order chi connectivity index (χ1) is 8.20. The van der Waals surface area contributed by atoms with Crippen molar-refractivity contribution < 1.29 is 14.6 Å². The summed E-state index contributed by atoms with van der Waals surface area (Å²) in [6, 6.07) is 5.67. The molecule has 2 rings (SSSR count). The SMILES string of the molecule is COc1ccc(N2CCCC2)c(CC(=O)O)c1. The summed E-state index contributed by atoms with van der Waals surface area (Å²) in [4.78, 5) is 13.1. The third-order valence-corrected chi connectivity index (χ3v) is 3.08. The molecule has 1 N–H and O–H groups in total. The van der Waals surface area contributed by atoms with Crippen LogP contribution in [0.1, 0.15) is 18.4 Å². The van der Waals surface area contributed by atoms with Crippen molar-refractivity contribution in [3.8, 4) is 5.75 Å². The Balaban J connectivity index is 2.31. The van der Waals surface area contributed by atoms with E-state index in [1.165, 1.54) is 12.8 Å². The minimum atomic E-state index is -0.807. The Hall–Kier alpha value is -1.71. The van der Waals surface area contributed by atoms with Gasteiger partial charge in [0, 0.05) is 18.8 Å². The van der Waals surface area contributed by atoms with E-state index in [9.17, 15) is 4.79 Å². The summed E-state index contributed by atoms with van der Waals surface area (Å²) in [5.41, 5.74) is 1.87. The zero-order valence-electron chi connectivity index (χ0n) is 9.98. The largest absolute Gasteiger partial charge is 0.497 e. The molecule has 0 saturated carbocycles. The molecule has 0 aromatic heterocycles. The molecule has 0 unspecified atom stereocenters. The molecule has 0 amide bonds. The smallest absolute Gasteiger partial charge is 0.307 e. The van der Waals surface area contributed by atoms with Crippen molar-refractivity contribution in [1.29, 1.82) is 0 Å². The number of rotatable bonds is 4. The number of benzene rings is 1. The Labute approximate surface area is 101 Å². The van der Waals surface area contributed by atoms with Gasteiger partial charge < -0.3 is 14.7 Å². The van der Waals surface area contributed by atoms with Crippen molar-refractivity contribution in [3.63, 3.8) is 0 Å². The highest BCUT2D eigenvalue weighted by molar-refractivity contribution is 5.74. The van der Waals surface area contributed by atoms with Crippen molar-refractivity contribution in [2.75, 3.05) is 25.1 Å². The summed E-state index contributed by atoms with van der Waals surface area (Å²) >= 11 is 0. The highest BCUT2D eigenvalue weighted by Gasteiger charge is 2.17. The fraction of sp³-hybridized carbons (Fsp3) is 0.462. The van der Waals surface area contributed by atoms with Crippen LogP contribution in [-0.2, 0) is 11.2 Å². The third kappa shape index (κ3) is 2.70. The van der Waals surface area contributed by atoms with E-state index < -0.39 is 5.97 Å². The highest BCUT2D eigenvalue weighted by atomic mass is 16.5. The standard InChI is InChI=1S/C13H17NO3/c1-17-11-4-5-12(14-6-2-3-7-14)10(8-11)9-13(15)16/h4-5,8H,2-3,6-7,9H2,1H3,(H,15,16). The van der Waals surface area contributed by atoms with Crippen LogP contribution in [0, 0.1) is 0 Å². The molecule has 1 aromatic rings. The van der Waals surface area contributed by atoms with E-state index in [2.05, 4.69) is 4.90 Å². The van der Waals surface area contributed by atoms with Crippen LogP contribution < -0.4 is 9.64 Å². The van der Waals surface area contributed by atoms with Crippen LogP contribution in [0.25, 0.3) is 0 Å². The first kappa shape index (κ1) is 11.8. The second-order valence-corrected chi connectivity index (χ2v) is 4.26. The molecular formula is C13H17NO3. The molecule has 1 heterocycles. The summed E-state index contributed by atoms with van der Waals surface area (Å²) in [7, 11) is 1.59. The number of anilines is 1. The lowest BCUT2D eigenvalue weighted by atomic mass is 10.1. The molecule has 17 heavy (non-hydrogen) atoms. The zero-order valence-corrected chi connectivity index (χ0v) is 9.98. The van der Waals surface area contributed by atoms with Gasteiger partial charge in [-0.1, -0.05) is 0 Å². The Bertz CT molecular complexity index is 411. The Morgan fingerprint density at radius 1 is 1.41 bits per heavy atom. The van der Waals surface area contributed by atoms with Crippen molar-refractivity contribution in [3.05, 3.63) is 23.8 Å². The predicted molar refractivity (Wildman–Crippen MR) is 65.8 cm³/mol. The number of nitrogens with zero attached hydrogens (tertiary/aromatic N) is 1. The Morgan fingerprint density at radius 2 is 2.12 bits per heavy atom. The maximum absolute atomic E-state index is 10.9. The van der Waals surface area contributed by atoms with Crippen molar-refractivity contribution >= 4 is 11.7 Å². The number of hydrogen-bond acceptors (Lipinski definition) is 3. The fourth-order valence-corrected chi connectivity index (χ4v) is 2.26. The quantitative estimate of drug-likeness (QED) is 0.866. The normalized spacial score (nSPS) is 15.0. The van der Waals surface area contributed by atoms with Gasteiger partial charge in [0.25, 0.3) is 0 Å². The highest BCUT2D eigenvalue weighted by Crippen LogP contribution is 2.28. The second-order valence-electron chi connectivity index (χ2n) is 4.26. The van der Waals surface area contributed by atoms with Gasteiger partial charge in [-0.25, -0.2) is 0 Å². The molecule has 0 radical (unpaired) electrons. The maximum atomic E-state index is 10.9. The van der Waals surface area contributed by atoms with Gasteiger partial charge in [-0.05, 0) is 36.6 Å². The van der Waals surface area contributed by atoms with Gasteiger partial charge in [-0.3, -0.25) is 4.79 Å². The molecule has 0 bridgehead atoms. The summed E-state index contributed by atoms with van der Waals surface area (Å²) < 4.78 is 5.14. The third-order valence-electron chi connectivity index (χ3n) is 3.08. The van der Waals surface area contributed by atoms with Crippen LogP contribution in [0.4, 0.5) is 5.69 Å². The van der Waals surface area contributed by atoms with Gasteiger partial charge in [0.1, 0.15) is 5.75 Å². The second kappa shape index (κ2) is 5.08. The first-order valence-electron chi connectivity index (χ1n) is 5.84. The summed E-state index contributed by atoms with van der Waals surface area (Å²) in [6.45, 7) is 2.03. The monoisotopic (exact) mass is 235 g/mol. The minimum absolute atomic E-state index is 0.0447. The fourth-order valence-electron chi connectivity index (χ4n) is 2.26. The molecule has 0 atom stereocenters. The lowest BCUT2D eigenvalue weighted by Crippen LogP contribution is -2.20. The number of ether oxygens (including phenoxy) is 1. The molecule has 0 aliphatic carbocycles. The van der Waals surface area contributed by atoms with E-state index in [1.807, 2.05) is 18.2 Å². The van der Waals surface area contributed by atoms with E-state index in [1.54, 1.807) is 7.11 Å². The van der Waals surface area contributed by atoms with Crippen LogP contribution in [0.5, 0.6) is 5.75 Å². The zero-order chi connectivity index (χ0) is 12.3. The molecule has 92 valence electrons. The number of aliphatic carboxylic acids is 1. The summed E-state index contributed by atoms with van der Waals surface area (Å²) in [6.07, 6.45) is 2.40. The van der Waals surface area contributed by atoms with Gasteiger partial charge in [-0.2, -0.15) is 0 Å². The molecule has 1 aliphatic rings. The molecule has 1 aromatic carbocycles. The van der Waals surface area contributed by atoms with E-state index >= 15 is 0 Å². The molecule has 4 heteroatoms. The lowest BCUT2D eigenvalue weighted by Gasteiger charge is -2.21. The van der Waals surface area contributed by atoms with Crippen molar-refractivity contribution in [2.24, 2.45) is 0 Å². The van der Waals surface area contributed by atoms with Gasteiger partial charge in [-0.15, -0.1) is 0 Å². The van der Waals surface area contributed by atoms with E-state index in [0.29, 0.717) is 5.75 Å². The van der Waals surface area contributed by atoms with Crippen LogP contribution in [-0.4, -0.2) is 31.3 Å². The first-order valence-corrected chi connectivity index (χ1v) is 5.84. The summed E-state index contributed by atoms with van der Waals surface area (Å²) in [5, 5.41) is 8.94. The topological polar surface area (TPSA) is 49.8 Å². The van der Waals surface area contributed by atoms with Gasteiger partial charge in [0.2, 0.25) is 0 Å². The van der Waals surface area contributed by atoms with E-state index in [4.69, 9.17) is 9.84 Å². The van der Waals surface area contributed by atoms with Gasteiger partial charge in [0.15, 0.2) is 0 Å². The number of carboxylic acids is 1. The Morgan fingerprint density at radius 3 is 2.71 bits per heavy atom. The van der Waals surface area contributed by atoms with Crippen LogP contribution in [0.15, 0.2) is 18.2 Å². The van der Waals surface area contributed by atoms with Crippen molar-refractivity contribution in [1.82, 2.24) is 0 Å². The van der Waals surface area contributed by atoms with Crippen LogP contribution in [0.3, 0.4) is 0 Å². The Kier molecular flexibility index (Phi) is 3.52. The van der Waals surface area contributed by atoms with Crippen molar-refractivity contribution in [2.45, 2.75) is 19.3 Å². The van der Waals surface area contributed by atoms with E-state index in [0.717, 1.165) is 24.3 Å². The molecule has 1 aliphatic heterocycles. The average Bonchev–Trinajstić information content (AvgIpc) is 2.81. The number of carbonyl (C=O) groups is 1. The molecule has 1 fully saturated rings. The van der Waals surface area contributed by atoms with Gasteiger partial charge in [0.05, 0.1) is 13.5 Å². The average molecular weight is 235 g/mol.